The van der Waals surface area contributed by atoms with Crippen LogP contribution in [0.15, 0.2) is 47.3 Å². The van der Waals surface area contributed by atoms with Gasteiger partial charge in [0.15, 0.2) is 0 Å². The average molecular weight is 395 g/mol. The number of amides is 2. The van der Waals surface area contributed by atoms with Crippen molar-refractivity contribution in [2.75, 3.05) is 25.5 Å². The van der Waals surface area contributed by atoms with E-state index in [0.717, 1.165) is 17.9 Å². The minimum absolute atomic E-state index is 0.00342. The second kappa shape index (κ2) is 8.11. The molecule has 1 N–H and O–H groups in total. The number of methoxy groups -OCH3 is 1. The van der Waals surface area contributed by atoms with E-state index in [-0.39, 0.29) is 36.1 Å². The van der Waals surface area contributed by atoms with Gasteiger partial charge in [0.2, 0.25) is 11.8 Å². The molecule has 152 valence electrons. The van der Waals surface area contributed by atoms with Crippen LogP contribution < -0.4 is 15.6 Å². The number of benzene rings is 1. The van der Waals surface area contributed by atoms with E-state index in [1.807, 2.05) is 15.5 Å². The molecule has 1 saturated heterocycles. The third-order valence-corrected chi connectivity index (χ3v) is 5.77. The second-order valence-electron chi connectivity index (χ2n) is 7.77. The SMILES string of the molecule is COc1ccc(NC(=O)CCC(=O)N2C[C@@H]3C[C@@H](C2)c2cccc(=O)n2C3)cc1. The minimum Gasteiger partial charge on any atom is -0.497 e. The van der Waals surface area contributed by atoms with Crippen molar-refractivity contribution in [2.24, 2.45) is 5.92 Å². The number of pyridine rings is 1. The minimum atomic E-state index is -0.183. The van der Waals surface area contributed by atoms with Crippen molar-refractivity contribution in [3.05, 3.63) is 58.5 Å². The largest absolute Gasteiger partial charge is 0.497 e. The summed E-state index contributed by atoms with van der Waals surface area (Å²) in [6.45, 7) is 1.92. The highest BCUT2D eigenvalue weighted by Crippen LogP contribution is 2.35. The van der Waals surface area contributed by atoms with Crippen LogP contribution in [0.5, 0.6) is 5.75 Å². The van der Waals surface area contributed by atoms with Crippen molar-refractivity contribution >= 4 is 17.5 Å². The lowest BCUT2D eigenvalue weighted by atomic mass is 9.83. The predicted molar refractivity (Wildman–Crippen MR) is 109 cm³/mol. The molecule has 7 heteroatoms. The average Bonchev–Trinajstić information content (AvgIpc) is 2.73. The molecule has 29 heavy (non-hydrogen) atoms. The van der Waals surface area contributed by atoms with E-state index in [9.17, 15) is 14.4 Å². The lowest BCUT2D eigenvalue weighted by Crippen LogP contribution is -2.49. The summed E-state index contributed by atoms with van der Waals surface area (Å²) in [5, 5.41) is 2.81. The van der Waals surface area contributed by atoms with Crippen molar-refractivity contribution in [3.63, 3.8) is 0 Å². The summed E-state index contributed by atoms with van der Waals surface area (Å²) >= 11 is 0. The highest BCUT2D eigenvalue weighted by atomic mass is 16.5. The van der Waals surface area contributed by atoms with E-state index in [1.54, 1.807) is 43.5 Å². The fraction of sp³-hybridized carbons (Fsp3) is 0.409. The molecule has 2 amide bonds. The number of nitrogens with zero attached hydrogens (tertiary/aromatic N) is 2. The Morgan fingerprint density at radius 2 is 1.86 bits per heavy atom. The summed E-state index contributed by atoms with van der Waals surface area (Å²) in [6, 6.07) is 12.5. The van der Waals surface area contributed by atoms with Crippen LogP contribution in [0.25, 0.3) is 0 Å². The van der Waals surface area contributed by atoms with E-state index in [0.29, 0.717) is 31.2 Å². The van der Waals surface area contributed by atoms with Gasteiger partial charge in [-0.2, -0.15) is 0 Å². The van der Waals surface area contributed by atoms with Crippen LogP contribution in [0.2, 0.25) is 0 Å². The monoisotopic (exact) mass is 395 g/mol. The zero-order chi connectivity index (χ0) is 20.4. The Labute approximate surface area is 169 Å². The van der Waals surface area contributed by atoms with Gasteiger partial charge in [-0.15, -0.1) is 0 Å². The van der Waals surface area contributed by atoms with Gasteiger partial charge in [0.25, 0.3) is 5.56 Å². The Kier molecular flexibility index (Phi) is 5.38. The fourth-order valence-corrected chi connectivity index (χ4v) is 4.38. The molecule has 1 fully saturated rings. The van der Waals surface area contributed by atoms with Crippen molar-refractivity contribution in [1.29, 1.82) is 0 Å². The molecule has 1 aromatic heterocycles. The molecule has 2 aliphatic heterocycles. The summed E-state index contributed by atoms with van der Waals surface area (Å²) < 4.78 is 6.95. The first-order valence-corrected chi connectivity index (χ1v) is 9.95. The topological polar surface area (TPSA) is 80.6 Å². The van der Waals surface area contributed by atoms with Gasteiger partial charge in [0.05, 0.1) is 7.11 Å². The van der Waals surface area contributed by atoms with E-state index in [1.165, 1.54) is 0 Å². The van der Waals surface area contributed by atoms with Gasteiger partial charge in [-0.25, -0.2) is 0 Å². The second-order valence-corrected chi connectivity index (χ2v) is 7.77. The van der Waals surface area contributed by atoms with Gasteiger partial charge in [-0.3, -0.25) is 14.4 Å². The van der Waals surface area contributed by atoms with Gasteiger partial charge in [0, 0.05) is 55.8 Å². The zero-order valence-corrected chi connectivity index (χ0v) is 16.5. The van der Waals surface area contributed by atoms with Crippen molar-refractivity contribution in [2.45, 2.75) is 31.7 Å². The molecule has 2 bridgehead atoms. The molecule has 3 heterocycles. The Balaban J connectivity index is 1.32. The van der Waals surface area contributed by atoms with Crippen molar-refractivity contribution in [1.82, 2.24) is 9.47 Å². The van der Waals surface area contributed by atoms with E-state index >= 15 is 0 Å². The number of likely N-dealkylation sites (tertiary alicyclic amines) is 1. The molecule has 2 aromatic rings. The molecule has 0 spiro atoms. The molecular formula is C22H25N3O4. The maximum atomic E-state index is 12.7. The lowest BCUT2D eigenvalue weighted by Gasteiger charge is -2.42. The Morgan fingerprint density at radius 3 is 2.62 bits per heavy atom. The van der Waals surface area contributed by atoms with Crippen LogP contribution in [-0.4, -0.2) is 41.5 Å². The van der Waals surface area contributed by atoms with Crippen LogP contribution in [0, 0.1) is 5.92 Å². The Bertz CT molecular complexity index is 967. The normalized spacial score (nSPS) is 20.0. The summed E-state index contributed by atoms with van der Waals surface area (Å²) in [5.41, 5.74) is 1.73. The van der Waals surface area contributed by atoms with E-state index in [2.05, 4.69) is 5.32 Å². The number of aromatic nitrogens is 1. The van der Waals surface area contributed by atoms with Crippen LogP contribution in [-0.2, 0) is 16.1 Å². The molecule has 4 rings (SSSR count). The summed E-state index contributed by atoms with van der Waals surface area (Å²) in [4.78, 5) is 38.9. The highest BCUT2D eigenvalue weighted by molar-refractivity contribution is 5.93. The highest BCUT2D eigenvalue weighted by Gasteiger charge is 2.36. The van der Waals surface area contributed by atoms with E-state index < -0.39 is 0 Å². The predicted octanol–water partition coefficient (Wildman–Crippen LogP) is 2.22. The third-order valence-electron chi connectivity index (χ3n) is 5.77. The van der Waals surface area contributed by atoms with Crippen LogP contribution in [0.3, 0.4) is 0 Å². The van der Waals surface area contributed by atoms with Crippen LogP contribution >= 0.6 is 0 Å². The maximum absolute atomic E-state index is 12.7. The number of rotatable bonds is 5. The molecule has 0 unspecified atom stereocenters. The number of hydrogen-bond donors (Lipinski definition) is 1. The molecule has 2 aliphatic rings. The van der Waals surface area contributed by atoms with Crippen LogP contribution in [0.1, 0.15) is 30.9 Å². The van der Waals surface area contributed by atoms with E-state index in [4.69, 9.17) is 4.74 Å². The number of carbonyl (C=O) groups excluding carboxylic acids is 2. The Morgan fingerprint density at radius 1 is 1.07 bits per heavy atom. The maximum Gasteiger partial charge on any atom is 0.250 e. The third kappa shape index (κ3) is 4.18. The molecule has 0 aliphatic carbocycles. The standard InChI is InChI=1S/C22H25N3O4/c1-29-18-7-5-17(6-8-18)23-20(26)9-10-21(27)24-12-15-11-16(14-24)19-3-2-4-22(28)25(19)13-15/h2-8,15-16H,9-14H2,1H3,(H,23,26)/t15-,16-/m0/s1. The molecule has 1 aromatic carbocycles. The number of fused-ring (bicyclic) bond motifs is 4. The quantitative estimate of drug-likeness (QED) is 0.842. The van der Waals surface area contributed by atoms with Crippen LogP contribution in [0.4, 0.5) is 5.69 Å². The number of piperidine rings is 1. The van der Waals surface area contributed by atoms with Gasteiger partial charge >= 0.3 is 0 Å². The van der Waals surface area contributed by atoms with Gasteiger partial charge < -0.3 is 19.5 Å². The number of ether oxygens (including phenoxy) is 1. The number of nitrogens with one attached hydrogen (secondary N) is 1. The fourth-order valence-electron chi connectivity index (χ4n) is 4.38. The zero-order valence-electron chi connectivity index (χ0n) is 16.5. The van der Waals surface area contributed by atoms with Crippen molar-refractivity contribution < 1.29 is 14.3 Å². The molecule has 0 saturated carbocycles. The van der Waals surface area contributed by atoms with Crippen molar-refractivity contribution in [3.8, 4) is 5.75 Å². The number of hydrogen-bond acceptors (Lipinski definition) is 4. The smallest absolute Gasteiger partial charge is 0.250 e. The lowest BCUT2D eigenvalue weighted by molar-refractivity contribution is -0.135. The van der Waals surface area contributed by atoms with Gasteiger partial charge in [0.1, 0.15) is 5.75 Å². The summed E-state index contributed by atoms with van der Waals surface area (Å²) in [6.07, 6.45) is 1.33. The Hall–Kier alpha value is -3.09. The molecular weight excluding hydrogens is 370 g/mol. The first-order valence-electron chi connectivity index (χ1n) is 9.95. The summed E-state index contributed by atoms with van der Waals surface area (Å²) in [7, 11) is 1.59. The van der Waals surface area contributed by atoms with Gasteiger partial charge in [-0.05, 0) is 42.7 Å². The van der Waals surface area contributed by atoms with Gasteiger partial charge in [-0.1, -0.05) is 6.07 Å². The first kappa shape index (κ1) is 19.2. The molecule has 7 nitrogen and oxygen atoms in total. The molecule has 0 radical (unpaired) electrons. The first-order chi connectivity index (χ1) is 14.0. The molecule has 2 atom stereocenters. The number of carbonyl (C=O) groups is 2. The summed E-state index contributed by atoms with van der Waals surface area (Å²) in [5.74, 6) is 1.01. The number of anilines is 1.